The van der Waals surface area contributed by atoms with Gasteiger partial charge in [-0.3, -0.25) is 4.79 Å². The summed E-state index contributed by atoms with van der Waals surface area (Å²) in [4.78, 5) is 10.4. The molecule has 0 aliphatic heterocycles. The van der Waals surface area contributed by atoms with Gasteiger partial charge < -0.3 is 5.11 Å². The maximum absolute atomic E-state index is 10.4. The van der Waals surface area contributed by atoms with Gasteiger partial charge >= 0.3 is 5.97 Å². The van der Waals surface area contributed by atoms with Gasteiger partial charge in [0.1, 0.15) is 0 Å². The molecule has 20 heavy (non-hydrogen) atoms. The van der Waals surface area contributed by atoms with E-state index in [1.807, 2.05) is 0 Å². The first-order valence-corrected chi connectivity index (χ1v) is 8.74. The second kappa shape index (κ2) is 13.5. The second-order valence-corrected chi connectivity index (χ2v) is 6.84. The lowest BCUT2D eigenvalue weighted by Gasteiger charge is -2.11. The van der Waals surface area contributed by atoms with Crippen molar-refractivity contribution in [1.29, 1.82) is 0 Å². The molecule has 2 heteroatoms. The van der Waals surface area contributed by atoms with Gasteiger partial charge in [0, 0.05) is 6.42 Å². The van der Waals surface area contributed by atoms with Gasteiger partial charge in [-0.15, -0.1) is 0 Å². The van der Waals surface area contributed by atoms with Crippen LogP contribution in [0.4, 0.5) is 0 Å². The Labute approximate surface area is 126 Å². The summed E-state index contributed by atoms with van der Waals surface area (Å²) in [5.74, 6) is 1.02. The molecular formula is C18H36O2. The van der Waals surface area contributed by atoms with Crippen LogP contribution < -0.4 is 0 Å². The maximum Gasteiger partial charge on any atom is 0.303 e. The van der Waals surface area contributed by atoms with Crippen LogP contribution in [0.25, 0.3) is 0 Å². The molecule has 2 nitrogen and oxygen atoms in total. The molecule has 0 amide bonds. The van der Waals surface area contributed by atoms with E-state index in [9.17, 15) is 4.79 Å². The zero-order chi connectivity index (χ0) is 15.2. The minimum absolute atomic E-state index is 0.338. The highest BCUT2D eigenvalue weighted by atomic mass is 16.4. The molecule has 0 aromatic rings. The van der Waals surface area contributed by atoms with Crippen molar-refractivity contribution in [3.05, 3.63) is 0 Å². The lowest BCUT2D eigenvalue weighted by Crippen LogP contribution is -1.97. The lowest BCUT2D eigenvalue weighted by atomic mass is 9.96. The van der Waals surface area contributed by atoms with Crippen LogP contribution in [0.15, 0.2) is 0 Å². The molecule has 1 unspecified atom stereocenters. The van der Waals surface area contributed by atoms with E-state index in [1.165, 1.54) is 57.8 Å². The normalized spacial score (nSPS) is 12.8. The Morgan fingerprint density at radius 2 is 1.20 bits per heavy atom. The zero-order valence-corrected chi connectivity index (χ0v) is 14.0. The van der Waals surface area contributed by atoms with E-state index >= 15 is 0 Å². The third kappa shape index (κ3) is 15.5. The zero-order valence-electron chi connectivity index (χ0n) is 14.0. The van der Waals surface area contributed by atoms with Crippen LogP contribution in [0.1, 0.15) is 97.8 Å². The summed E-state index contributed by atoms with van der Waals surface area (Å²) in [6, 6.07) is 0. The predicted octanol–water partition coefficient (Wildman–Crippen LogP) is 6.04. The fourth-order valence-electron chi connectivity index (χ4n) is 2.67. The molecule has 120 valence electrons. The number of unbranched alkanes of at least 4 members (excludes halogenated alkanes) is 6. The molecule has 0 aliphatic carbocycles. The van der Waals surface area contributed by atoms with Crippen molar-refractivity contribution in [3.63, 3.8) is 0 Å². The highest BCUT2D eigenvalue weighted by Crippen LogP contribution is 2.18. The molecule has 0 aromatic heterocycles. The van der Waals surface area contributed by atoms with E-state index in [4.69, 9.17) is 5.11 Å². The number of carboxylic acids is 1. The van der Waals surface area contributed by atoms with Crippen LogP contribution in [0.3, 0.4) is 0 Å². The summed E-state index contributed by atoms with van der Waals surface area (Å²) >= 11 is 0. The van der Waals surface area contributed by atoms with Gasteiger partial charge in [0.05, 0.1) is 0 Å². The van der Waals surface area contributed by atoms with E-state index in [1.54, 1.807) is 0 Å². The Morgan fingerprint density at radius 1 is 0.750 bits per heavy atom. The van der Waals surface area contributed by atoms with Crippen molar-refractivity contribution in [2.75, 3.05) is 0 Å². The standard InChI is InChI=1S/C18H36O2/c1-16(2)12-8-5-4-6-9-13-17(3)14-10-7-11-15-18(19)20/h16-17H,4-15H2,1-3H3,(H,19,20). The Balaban J connectivity index is 3.20. The Bertz CT molecular complexity index is 223. The summed E-state index contributed by atoms with van der Waals surface area (Å²) < 4.78 is 0. The van der Waals surface area contributed by atoms with Gasteiger partial charge in [0.25, 0.3) is 0 Å². The van der Waals surface area contributed by atoms with E-state index < -0.39 is 5.97 Å². The SMILES string of the molecule is CC(C)CCCCCCCC(C)CCCCCC(=O)O. The van der Waals surface area contributed by atoms with E-state index in [0.717, 1.165) is 24.7 Å². The number of hydrogen-bond donors (Lipinski definition) is 1. The summed E-state index contributed by atoms with van der Waals surface area (Å²) in [5.41, 5.74) is 0. The predicted molar refractivity (Wildman–Crippen MR) is 87.0 cm³/mol. The van der Waals surface area contributed by atoms with Gasteiger partial charge in [0.15, 0.2) is 0 Å². The minimum atomic E-state index is -0.657. The van der Waals surface area contributed by atoms with Crippen molar-refractivity contribution in [3.8, 4) is 0 Å². The van der Waals surface area contributed by atoms with Crippen LogP contribution >= 0.6 is 0 Å². The molecule has 0 radical (unpaired) electrons. The molecule has 0 spiro atoms. The van der Waals surface area contributed by atoms with Crippen LogP contribution in [0, 0.1) is 11.8 Å². The van der Waals surface area contributed by atoms with Crippen molar-refractivity contribution in [2.45, 2.75) is 97.8 Å². The first-order chi connectivity index (χ1) is 9.52. The number of rotatable bonds is 14. The molecule has 0 saturated carbocycles. The summed E-state index contributed by atoms with van der Waals surface area (Å²) in [5, 5.41) is 8.56. The summed E-state index contributed by atoms with van der Waals surface area (Å²) in [7, 11) is 0. The first-order valence-electron chi connectivity index (χ1n) is 8.74. The topological polar surface area (TPSA) is 37.3 Å². The fourth-order valence-corrected chi connectivity index (χ4v) is 2.67. The van der Waals surface area contributed by atoms with Gasteiger partial charge in [0.2, 0.25) is 0 Å². The molecule has 0 aromatic carbocycles. The molecule has 1 N–H and O–H groups in total. The smallest absolute Gasteiger partial charge is 0.303 e. The van der Waals surface area contributed by atoms with Crippen LogP contribution in [-0.4, -0.2) is 11.1 Å². The van der Waals surface area contributed by atoms with E-state index in [0.29, 0.717) is 6.42 Å². The molecule has 0 rings (SSSR count). The minimum Gasteiger partial charge on any atom is -0.481 e. The van der Waals surface area contributed by atoms with Crippen LogP contribution in [0.5, 0.6) is 0 Å². The Morgan fingerprint density at radius 3 is 1.70 bits per heavy atom. The van der Waals surface area contributed by atoms with Gasteiger partial charge in [-0.05, 0) is 18.3 Å². The first kappa shape index (κ1) is 19.5. The Hall–Kier alpha value is -0.530. The fraction of sp³-hybridized carbons (Fsp3) is 0.944. The largest absolute Gasteiger partial charge is 0.481 e. The second-order valence-electron chi connectivity index (χ2n) is 6.84. The van der Waals surface area contributed by atoms with Crippen LogP contribution in [0.2, 0.25) is 0 Å². The average molecular weight is 284 g/mol. The van der Waals surface area contributed by atoms with Crippen molar-refractivity contribution in [2.24, 2.45) is 11.8 Å². The monoisotopic (exact) mass is 284 g/mol. The maximum atomic E-state index is 10.4. The molecule has 0 fully saturated rings. The van der Waals surface area contributed by atoms with Crippen LogP contribution in [-0.2, 0) is 4.79 Å². The molecule has 0 heterocycles. The highest BCUT2D eigenvalue weighted by molar-refractivity contribution is 5.66. The molecule has 0 saturated heterocycles. The average Bonchev–Trinajstić information content (AvgIpc) is 2.36. The number of carboxylic acid groups (broad SMARTS) is 1. The van der Waals surface area contributed by atoms with Crippen molar-refractivity contribution >= 4 is 5.97 Å². The third-order valence-corrected chi connectivity index (χ3v) is 4.07. The van der Waals surface area contributed by atoms with Crippen molar-refractivity contribution in [1.82, 2.24) is 0 Å². The highest BCUT2D eigenvalue weighted by Gasteiger charge is 2.03. The lowest BCUT2D eigenvalue weighted by molar-refractivity contribution is -0.137. The van der Waals surface area contributed by atoms with E-state index in [-0.39, 0.29) is 0 Å². The Kier molecular flexibility index (Phi) is 13.1. The molecule has 0 bridgehead atoms. The number of hydrogen-bond acceptors (Lipinski definition) is 1. The third-order valence-electron chi connectivity index (χ3n) is 4.07. The van der Waals surface area contributed by atoms with Gasteiger partial charge in [-0.25, -0.2) is 0 Å². The summed E-state index contributed by atoms with van der Waals surface area (Å²) in [6.07, 6.45) is 14.4. The quantitative estimate of drug-likeness (QED) is 0.394. The number of carbonyl (C=O) groups is 1. The summed E-state index contributed by atoms with van der Waals surface area (Å²) in [6.45, 7) is 6.95. The van der Waals surface area contributed by atoms with Gasteiger partial charge in [-0.1, -0.05) is 85.0 Å². The van der Waals surface area contributed by atoms with Gasteiger partial charge in [-0.2, -0.15) is 0 Å². The molecular weight excluding hydrogens is 248 g/mol. The molecule has 1 atom stereocenters. The molecule has 0 aliphatic rings. The van der Waals surface area contributed by atoms with Crippen molar-refractivity contribution < 1.29 is 9.90 Å². The number of aliphatic carboxylic acids is 1. The van der Waals surface area contributed by atoms with E-state index in [2.05, 4.69) is 20.8 Å².